The summed E-state index contributed by atoms with van der Waals surface area (Å²) in [6.45, 7) is 8.01. The molecule has 0 amide bonds. The van der Waals surface area contributed by atoms with Gasteiger partial charge in [0, 0.05) is 12.1 Å². The van der Waals surface area contributed by atoms with Crippen molar-refractivity contribution in [2.24, 2.45) is 0 Å². The van der Waals surface area contributed by atoms with Crippen LogP contribution in [0.2, 0.25) is 0 Å². The Bertz CT molecular complexity index is 326. The summed E-state index contributed by atoms with van der Waals surface area (Å²) in [5, 5.41) is 17.3. The summed E-state index contributed by atoms with van der Waals surface area (Å²) in [6, 6.07) is 4.19. The second-order valence-electron chi connectivity index (χ2n) is 4.56. The topological polar surface area (TPSA) is 69.3 Å². The molecule has 20 heavy (non-hydrogen) atoms. The zero-order chi connectivity index (χ0) is 15.7. The predicted molar refractivity (Wildman–Crippen MR) is 80.9 cm³/mol. The van der Waals surface area contributed by atoms with Crippen LogP contribution in [0.15, 0.2) is 0 Å². The summed E-state index contributed by atoms with van der Waals surface area (Å²) in [7, 11) is -1.54. The van der Waals surface area contributed by atoms with Crippen molar-refractivity contribution in [3.05, 3.63) is 0 Å². The fraction of sp³-hybridized carbons (Fsp3) is 0.833. The molecule has 0 aliphatic rings. The van der Waals surface area contributed by atoms with Crippen LogP contribution < -0.4 is 0 Å². The van der Waals surface area contributed by atoms with E-state index in [0.717, 1.165) is 0 Å². The van der Waals surface area contributed by atoms with E-state index in [1.165, 1.54) is 0 Å². The lowest BCUT2D eigenvalue weighted by atomic mass is 10.3. The average molecular weight is 340 g/mol. The minimum atomic E-state index is -1.54. The Balaban J connectivity index is 4.93. The molecule has 5 nitrogen and oxygen atoms in total. The number of hydrogen-bond donors (Lipinski definition) is 0. The molecule has 8 heteroatoms. The Kier molecular flexibility index (Phi) is 10.5. The minimum absolute atomic E-state index is 0.0545. The van der Waals surface area contributed by atoms with Crippen molar-refractivity contribution < 1.29 is 9.05 Å². The van der Waals surface area contributed by atoms with E-state index >= 15 is 0 Å². The molecule has 0 aliphatic heterocycles. The number of halogens is 2. The van der Waals surface area contributed by atoms with Gasteiger partial charge in [-0.3, -0.25) is 0 Å². The molecule has 0 saturated carbocycles. The van der Waals surface area contributed by atoms with E-state index in [4.69, 9.17) is 42.8 Å². The molecular weight excluding hydrogens is 320 g/mol. The molecule has 0 rings (SSSR count). The van der Waals surface area contributed by atoms with Crippen molar-refractivity contribution >= 4 is 31.7 Å². The van der Waals surface area contributed by atoms with Gasteiger partial charge in [0.15, 0.2) is 11.1 Å². The highest BCUT2D eigenvalue weighted by Crippen LogP contribution is 2.49. The highest BCUT2D eigenvalue weighted by atomic mass is 35.5. The molecule has 0 aliphatic carbocycles. The van der Waals surface area contributed by atoms with Crippen LogP contribution in [0.1, 0.15) is 40.5 Å². The standard InChI is InChI=1S/C12H20Cl2N3O2P/c1-9(2)17(10(3)4)20(18-11(13)5-7-15)19-12(14)6-8-16/h9-12H,5-6H2,1-4H3. The van der Waals surface area contributed by atoms with Gasteiger partial charge in [0.25, 0.3) is 8.53 Å². The first-order valence-electron chi connectivity index (χ1n) is 6.27. The molecule has 0 N–H and O–H groups in total. The lowest BCUT2D eigenvalue weighted by Gasteiger charge is -2.36. The molecule has 0 radical (unpaired) electrons. The third-order valence-electron chi connectivity index (χ3n) is 2.16. The van der Waals surface area contributed by atoms with E-state index in [-0.39, 0.29) is 24.9 Å². The summed E-state index contributed by atoms with van der Waals surface area (Å²) in [4.78, 5) is 0. The molecule has 0 aromatic heterocycles. The monoisotopic (exact) mass is 339 g/mol. The number of nitrogens with zero attached hydrogens (tertiary/aromatic N) is 3. The summed E-state index contributed by atoms with van der Waals surface area (Å²) < 4.78 is 13.2. The predicted octanol–water partition coefficient (Wildman–Crippen LogP) is 4.32. The first kappa shape index (κ1) is 19.9. The molecule has 0 saturated heterocycles. The van der Waals surface area contributed by atoms with Gasteiger partial charge in [-0.2, -0.15) is 10.5 Å². The Morgan fingerprint density at radius 1 is 0.950 bits per heavy atom. The van der Waals surface area contributed by atoms with Crippen LogP contribution in [0, 0.1) is 22.7 Å². The van der Waals surface area contributed by atoms with E-state index in [9.17, 15) is 0 Å². The van der Waals surface area contributed by atoms with Crippen molar-refractivity contribution in [2.75, 3.05) is 0 Å². The highest BCUT2D eigenvalue weighted by molar-refractivity contribution is 7.44. The van der Waals surface area contributed by atoms with Crippen LogP contribution in [0.5, 0.6) is 0 Å². The van der Waals surface area contributed by atoms with Gasteiger partial charge in [-0.1, -0.05) is 23.2 Å². The second kappa shape index (κ2) is 10.6. The smallest absolute Gasteiger partial charge is 0.262 e. The van der Waals surface area contributed by atoms with Crippen LogP contribution in [0.3, 0.4) is 0 Å². The molecular formula is C12H20Cl2N3O2P. The SMILES string of the molecule is CC(C)N(C(C)C)P(OC(Cl)CC#N)OC(Cl)CC#N. The van der Waals surface area contributed by atoms with Crippen LogP contribution in [0.4, 0.5) is 0 Å². The van der Waals surface area contributed by atoms with Crippen LogP contribution in [0.25, 0.3) is 0 Å². The summed E-state index contributed by atoms with van der Waals surface area (Å²) in [6.07, 6.45) is 0.109. The third kappa shape index (κ3) is 7.60. The molecule has 0 aromatic rings. The van der Waals surface area contributed by atoms with E-state index in [1.54, 1.807) is 0 Å². The lowest BCUT2D eigenvalue weighted by molar-refractivity contribution is 0.155. The van der Waals surface area contributed by atoms with Gasteiger partial charge in [0.2, 0.25) is 0 Å². The van der Waals surface area contributed by atoms with Gasteiger partial charge >= 0.3 is 0 Å². The minimum Gasteiger partial charge on any atom is -0.301 e. The molecule has 0 aromatic carbocycles. The average Bonchev–Trinajstić information content (AvgIpc) is 2.27. The number of hydrogen-bond acceptors (Lipinski definition) is 5. The maximum Gasteiger partial charge on any atom is 0.262 e. The molecule has 0 bridgehead atoms. The van der Waals surface area contributed by atoms with Gasteiger partial charge in [-0.15, -0.1) is 0 Å². The second-order valence-corrected chi connectivity index (χ2v) is 6.89. The van der Waals surface area contributed by atoms with E-state index in [0.29, 0.717) is 0 Å². The Hall–Kier alpha value is -0.130. The van der Waals surface area contributed by atoms with Crippen LogP contribution in [-0.4, -0.2) is 27.9 Å². The summed E-state index contributed by atoms with van der Waals surface area (Å²) in [5.41, 5.74) is -1.53. The first-order valence-corrected chi connectivity index (χ1v) is 8.27. The van der Waals surface area contributed by atoms with Gasteiger partial charge in [0.1, 0.15) is 0 Å². The van der Waals surface area contributed by atoms with Crippen molar-refractivity contribution in [3.63, 3.8) is 0 Å². The first-order chi connectivity index (χ1) is 9.33. The Morgan fingerprint density at radius 2 is 1.30 bits per heavy atom. The third-order valence-corrected chi connectivity index (χ3v) is 5.07. The normalized spacial score (nSPS) is 15.9. The molecule has 114 valence electrons. The molecule has 2 atom stereocenters. The van der Waals surface area contributed by atoms with Gasteiger partial charge in [-0.25, -0.2) is 4.67 Å². The molecule has 0 fully saturated rings. The fourth-order valence-corrected chi connectivity index (χ4v) is 3.63. The quantitative estimate of drug-likeness (QED) is 0.462. The number of nitriles is 2. The van der Waals surface area contributed by atoms with Crippen LogP contribution in [-0.2, 0) is 9.05 Å². The lowest BCUT2D eigenvalue weighted by Crippen LogP contribution is -2.34. The van der Waals surface area contributed by atoms with Crippen molar-refractivity contribution in [1.82, 2.24) is 4.67 Å². The highest BCUT2D eigenvalue weighted by Gasteiger charge is 2.31. The van der Waals surface area contributed by atoms with Gasteiger partial charge in [0.05, 0.1) is 25.0 Å². The van der Waals surface area contributed by atoms with Gasteiger partial charge < -0.3 is 9.05 Å². The number of rotatable bonds is 9. The molecule has 2 unspecified atom stereocenters. The van der Waals surface area contributed by atoms with E-state index in [2.05, 4.69) is 0 Å². The van der Waals surface area contributed by atoms with Gasteiger partial charge in [-0.05, 0) is 27.7 Å². The van der Waals surface area contributed by atoms with Crippen molar-refractivity contribution in [2.45, 2.75) is 63.7 Å². The largest absolute Gasteiger partial charge is 0.301 e. The zero-order valence-corrected chi connectivity index (χ0v) is 14.5. The van der Waals surface area contributed by atoms with E-state index < -0.39 is 19.7 Å². The molecule has 0 spiro atoms. The Labute approximate surface area is 132 Å². The maximum atomic E-state index is 8.64. The fourth-order valence-electron chi connectivity index (χ4n) is 1.52. The number of alkyl halides is 2. The van der Waals surface area contributed by atoms with E-state index in [1.807, 2.05) is 44.5 Å². The zero-order valence-electron chi connectivity index (χ0n) is 12.1. The summed E-state index contributed by atoms with van der Waals surface area (Å²) in [5.74, 6) is 0. The maximum absolute atomic E-state index is 8.64. The van der Waals surface area contributed by atoms with Crippen LogP contribution >= 0.6 is 31.7 Å². The Morgan fingerprint density at radius 3 is 1.55 bits per heavy atom. The van der Waals surface area contributed by atoms with Crippen molar-refractivity contribution in [1.29, 1.82) is 10.5 Å². The molecule has 0 heterocycles. The van der Waals surface area contributed by atoms with Crippen molar-refractivity contribution in [3.8, 4) is 12.1 Å². The summed E-state index contributed by atoms with van der Waals surface area (Å²) >= 11 is 11.9.